The molecule has 116 valence electrons. The van der Waals surface area contributed by atoms with E-state index in [9.17, 15) is 9.90 Å². The second-order valence-electron chi connectivity index (χ2n) is 6.00. The van der Waals surface area contributed by atoms with E-state index in [2.05, 4.69) is 19.0 Å². The number of carbonyl (C=O) groups excluding carboxylic acids is 1. The van der Waals surface area contributed by atoms with Crippen LogP contribution in [0.25, 0.3) is 0 Å². The van der Waals surface area contributed by atoms with Crippen molar-refractivity contribution in [3.8, 4) is 5.75 Å². The van der Waals surface area contributed by atoms with Gasteiger partial charge in [0, 0.05) is 19.1 Å². The smallest absolute Gasteiger partial charge is 0.239 e. The third-order valence-electron chi connectivity index (χ3n) is 4.22. The standard InChI is InChI=1S/C16H25N3O2/c1-18(2)13-7-9-19(10-8-13)16(21)15(17)11-12-3-5-14(20)6-4-12/h3-6,13,15,20H,7-11,17H2,1-2H3. The lowest BCUT2D eigenvalue weighted by atomic mass is 10.0. The van der Waals surface area contributed by atoms with Crippen molar-refractivity contribution in [3.63, 3.8) is 0 Å². The molecule has 0 aliphatic carbocycles. The predicted molar refractivity (Wildman–Crippen MR) is 83.1 cm³/mol. The molecule has 1 atom stereocenters. The maximum atomic E-state index is 12.4. The fourth-order valence-electron chi connectivity index (χ4n) is 2.81. The highest BCUT2D eigenvalue weighted by atomic mass is 16.3. The van der Waals surface area contributed by atoms with Crippen molar-refractivity contribution in [3.05, 3.63) is 29.8 Å². The van der Waals surface area contributed by atoms with E-state index in [1.54, 1.807) is 24.3 Å². The normalized spacial score (nSPS) is 18.0. The molecule has 1 aliphatic heterocycles. The second-order valence-corrected chi connectivity index (χ2v) is 6.00. The molecule has 0 spiro atoms. The summed E-state index contributed by atoms with van der Waals surface area (Å²) in [5.74, 6) is 0.254. The lowest BCUT2D eigenvalue weighted by Crippen LogP contribution is -2.50. The largest absolute Gasteiger partial charge is 0.508 e. The fraction of sp³-hybridized carbons (Fsp3) is 0.562. The Bertz CT molecular complexity index is 465. The third kappa shape index (κ3) is 4.19. The quantitative estimate of drug-likeness (QED) is 0.861. The highest BCUT2D eigenvalue weighted by Gasteiger charge is 2.27. The van der Waals surface area contributed by atoms with Crippen LogP contribution >= 0.6 is 0 Å². The number of aromatic hydroxyl groups is 1. The Kier molecular flexibility index (Phi) is 5.20. The Morgan fingerprint density at radius 2 is 1.90 bits per heavy atom. The van der Waals surface area contributed by atoms with E-state index in [0.717, 1.165) is 31.5 Å². The molecule has 0 aromatic heterocycles. The summed E-state index contributed by atoms with van der Waals surface area (Å²) in [5.41, 5.74) is 7.02. The molecule has 1 aliphatic rings. The highest BCUT2D eigenvalue weighted by Crippen LogP contribution is 2.16. The number of likely N-dealkylation sites (tertiary alicyclic amines) is 1. The summed E-state index contributed by atoms with van der Waals surface area (Å²) >= 11 is 0. The lowest BCUT2D eigenvalue weighted by molar-refractivity contribution is -0.134. The third-order valence-corrected chi connectivity index (χ3v) is 4.22. The Labute approximate surface area is 126 Å². The molecule has 1 aromatic rings. The van der Waals surface area contributed by atoms with Gasteiger partial charge in [-0.25, -0.2) is 0 Å². The number of phenols is 1. The fourth-order valence-corrected chi connectivity index (χ4v) is 2.81. The highest BCUT2D eigenvalue weighted by molar-refractivity contribution is 5.82. The molecule has 1 fully saturated rings. The molecule has 3 N–H and O–H groups in total. The Morgan fingerprint density at radius 1 is 1.33 bits per heavy atom. The molecule has 1 amide bonds. The number of benzene rings is 1. The molecule has 5 nitrogen and oxygen atoms in total. The number of nitrogens with zero attached hydrogens (tertiary/aromatic N) is 2. The number of hydrogen-bond donors (Lipinski definition) is 2. The van der Waals surface area contributed by atoms with Crippen LogP contribution in [0.3, 0.4) is 0 Å². The van der Waals surface area contributed by atoms with Gasteiger partial charge in [0.25, 0.3) is 0 Å². The first-order chi connectivity index (χ1) is 9.97. The van der Waals surface area contributed by atoms with Crippen LogP contribution in [0, 0.1) is 0 Å². The van der Waals surface area contributed by atoms with Gasteiger partial charge in [-0.1, -0.05) is 12.1 Å². The molecule has 0 radical (unpaired) electrons. The van der Waals surface area contributed by atoms with Crippen LogP contribution in [0.4, 0.5) is 0 Å². The number of phenolic OH excluding ortho intramolecular Hbond substituents is 1. The van der Waals surface area contributed by atoms with Crippen LogP contribution < -0.4 is 5.73 Å². The minimum atomic E-state index is -0.509. The van der Waals surface area contributed by atoms with Gasteiger partial charge in [-0.2, -0.15) is 0 Å². The van der Waals surface area contributed by atoms with Crippen LogP contribution in [0.5, 0.6) is 5.75 Å². The summed E-state index contributed by atoms with van der Waals surface area (Å²) in [7, 11) is 4.16. The van der Waals surface area contributed by atoms with Crippen molar-refractivity contribution < 1.29 is 9.90 Å². The molecule has 0 bridgehead atoms. The van der Waals surface area contributed by atoms with Gasteiger partial charge in [-0.15, -0.1) is 0 Å². The van der Waals surface area contributed by atoms with Crippen LogP contribution in [-0.2, 0) is 11.2 Å². The van der Waals surface area contributed by atoms with Crippen molar-refractivity contribution >= 4 is 5.91 Å². The van der Waals surface area contributed by atoms with E-state index in [-0.39, 0.29) is 11.7 Å². The number of amides is 1. The van der Waals surface area contributed by atoms with E-state index in [1.807, 2.05) is 4.90 Å². The van der Waals surface area contributed by atoms with Gasteiger partial charge < -0.3 is 20.6 Å². The molecule has 0 saturated carbocycles. The predicted octanol–water partition coefficient (Wildman–Crippen LogP) is 0.815. The van der Waals surface area contributed by atoms with E-state index in [1.165, 1.54) is 0 Å². The first-order valence-corrected chi connectivity index (χ1v) is 7.46. The average Bonchev–Trinajstić information content (AvgIpc) is 2.49. The Balaban J connectivity index is 1.87. The summed E-state index contributed by atoms with van der Waals surface area (Å²) in [6, 6.07) is 6.90. The lowest BCUT2D eigenvalue weighted by Gasteiger charge is -2.36. The first kappa shape index (κ1) is 15.8. The van der Waals surface area contributed by atoms with Gasteiger partial charge in [-0.05, 0) is 51.1 Å². The zero-order chi connectivity index (χ0) is 15.4. The van der Waals surface area contributed by atoms with Crippen LogP contribution in [0.2, 0.25) is 0 Å². The molecular weight excluding hydrogens is 266 g/mol. The topological polar surface area (TPSA) is 69.8 Å². The number of nitrogens with two attached hydrogens (primary N) is 1. The summed E-state index contributed by atoms with van der Waals surface area (Å²) in [6.07, 6.45) is 2.52. The van der Waals surface area contributed by atoms with Crippen molar-refractivity contribution in [1.82, 2.24) is 9.80 Å². The average molecular weight is 291 g/mol. The van der Waals surface area contributed by atoms with Crippen molar-refractivity contribution in [1.29, 1.82) is 0 Å². The summed E-state index contributed by atoms with van der Waals surface area (Å²) in [6.45, 7) is 1.57. The molecule has 1 aromatic carbocycles. The summed E-state index contributed by atoms with van der Waals surface area (Å²) in [5, 5.41) is 9.26. The second kappa shape index (κ2) is 6.91. The monoisotopic (exact) mass is 291 g/mol. The van der Waals surface area contributed by atoms with Crippen LogP contribution in [-0.4, -0.2) is 60.1 Å². The van der Waals surface area contributed by atoms with Crippen LogP contribution in [0.15, 0.2) is 24.3 Å². The first-order valence-electron chi connectivity index (χ1n) is 7.46. The van der Waals surface area contributed by atoms with Gasteiger partial charge in [0.2, 0.25) is 5.91 Å². The van der Waals surface area contributed by atoms with Gasteiger partial charge in [-0.3, -0.25) is 4.79 Å². The SMILES string of the molecule is CN(C)C1CCN(C(=O)C(N)Cc2ccc(O)cc2)CC1. The number of hydrogen-bond acceptors (Lipinski definition) is 4. The van der Waals surface area contributed by atoms with E-state index < -0.39 is 6.04 Å². The number of rotatable bonds is 4. The van der Waals surface area contributed by atoms with E-state index >= 15 is 0 Å². The number of carbonyl (C=O) groups is 1. The molecule has 1 unspecified atom stereocenters. The van der Waals surface area contributed by atoms with Crippen molar-refractivity contribution in [2.24, 2.45) is 5.73 Å². The molecule has 1 heterocycles. The molecule has 5 heteroatoms. The maximum Gasteiger partial charge on any atom is 0.239 e. The molecule has 1 saturated heterocycles. The Hall–Kier alpha value is -1.59. The van der Waals surface area contributed by atoms with E-state index in [4.69, 9.17) is 5.73 Å². The van der Waals surface area contributed by atoms with Gasteiger partial charge in [0.05, 0.1) is 6.04 Å². The number of piperidine rings is 1. The maximum absolute atomic E-state index is 12.4. The summed E-state index contributed by atoms with van der Waals surface area (Å²) in [4.78, 5) is 16.5. The zero-order valence-electron chi connectivity index (χ0n) is 12.8. The zero-order valence-corrected chi connectivity index (χ0v) is 12.8. The van der Waals surface area contributed by atoms with Crippen molar-refractivity contribution in [2.45, 2.75) is 31.3 Å². The molecular formula is C16H25N3O2. The van der Waals surface area contributed by atoms with Gasteiger partial charge >= 0.3 is 0 Å². The van der Waals surface area contributed by atoms with Crippen molar-refractivity contribution in [2.75, 3.05) is 27.2 Å². The minimum Gasteiger partial charge on any atom is -0.508 e. The Morgan fingerprint density at radius 3 is 2.43 bits per heavy atom. The molecule has 21 heavy (non-hydrogen) atoms. The van der Waals surface area contributed by atoms with Gasteiger partial charge in [0.15, 0.2) is 0 Å². The molecule has 2 rings (SSSR count). The summed E-state index contributed by atoms with van der Waals surface area (Å²) < 4.78 is 0. The van der Waals surface area contributed by atoms with E-state index in [0.29, 0.717) is 12.5 Å². The van der Waals surface area contributed by atoms with Gasteiger partial charge in [0.1, 0.15) is 5.75 Å². The van der Waals surface area contributed by atoms with Crippen LogP contribution in [0.1, 0.15) is 18.4 Å². The minimum absolute atomic E-state index is 0.0280.